The van der Waals surface area contributed by atoms with E-state index in [-0.39, 0.29) is 35.8 Å². The molecule has 2 aromatic rings. The van der Waals surface area contributed by atoms with Crippen LogP contribution in [0.4, 0.5) is 5.69 Å². The van der Waals surface area contributed by atoms with Gasteiger partial charge in [0, 0.05) is 35.5 Å². The van der Waals surface area contributed by atoms with Crippen molar-refractivity contribution in [1.82, 2.24) is 10.2 Å². The van der Waals surface area contributed by atoms with Gasteiger partial charge in [-0.2, -0.15) is 0 Å². The number of thioether (sulfide) groups is 1. The number of benzene rings is 2. The van der Waals surface area contributed by atoms with Crippen LogP contribution in [0.15, 0.2) is 48.5 Å². The van der Waals surface area contributed by atoms with Crippen molar-refractivity contribution in [1.29, 1.82) is 0 Å². The monoisotopic (exact) mass is 503 g/mol. The van der Waals surface area contributed by atoms with Crippen LogP contribution in [-0.4, -0.2) is 39.5 Å². The Kier molecular flexibility index (Phi) is 9.77. The van der Waals surface area contributed by atoms with Gasteiger partial charge in [0.2, 0.25) is 11.8 Å². The molecule has 2 aromatic carbocycles. The lowest BCUT2D eigenvalue weighted by molar-refractivity contribution is -0.384. The molecular formula is C25H30ClN3O4S. The smallest absolute Gasteiger partial charge is 0.269 e. The van der Waals surface area contributed by atoms with Crippen LogP contribution in [0.5, 0.6) is 0 Å². The maximum absolute atomic E-state index is 13.3. The fourth-order valence-corrected chi connectivity index (χ4v) is 5.22. The molecule has 3 rings (SSSR count). The molecule has 0 aliphatic heterocycles. The molecule has 7 nitrogen and oxygen atoms in total. The van der Waals surface area contributed by atoms with Gasteiger partial charge in [0.1, 0.15) is 6.04 Å². The number of hydrogen-bond donors (Lipinski definition) is 1. The molecule has 1 N–H and O–H groups in total. The second-order valence-corrected chi connectivity index (χ2v) is 9.84. The zero-order valence-corrected chi connectivity index (χ0v) is 20.8. The number of nitro benzene ring substituents is 1. The summed E-state index contributed by atoms with van der Waals surface area (Å²) in [5, 5.41) is 14.5. The van der Waals surface area contributed by atoms with E-state index in [1.165, 1.54) is 23.9 Å². The van der Waals surface area contributed by atoms with E-state index in [1.807, 2.05) is 25.1 Å². The number of carbonyl (C=O) groups excluding carboxylic acids is 2. The molecule has 0 radical (unpaired) electrons. The number of halogens is 1. The molecule has 9 heteroatoms. The standard InChI is InChI=1S/C25H30ClN3O4S/c1-2-23(25(31)27-20-8-4-5-9-20)28(15-19-7-3-6-10-22(19)26)24(30)17-34-16-18-11-13-21(14-12-18)29(32)33/h3,6-7,10-14,20,23H,2,4-5,8-9,15-17H2,1H3,(H,27,31). The van der Waals surface area contributed by atoms with Gasteiger partial charge < -0.3 is 10.2 Å². The fourth-order valence-electron chi connectivity index (χ4n) is 4.15. The van der Waals surface area contributed by atoms with Crippen molar-refractivity contribution in [3.05, 3.63) is 74.8 Å². The van der Waals surface area contributed by atoms with Crippen molar-refractivity contribution in [2.75, 3.05) is 5.75 Å². The van der Waals surface area contributed by atoms with Gasteiger partial charge in [-0.05, 0) is 36.5 Å². The summed E-state index contributed by atoms with van der Waals surface area (Å²) in [6.45, 7) is 2.17. The summed E-state index contributed by atoms with van der Waals surface area (Å²) >= 11 is 7.78. The predicted octanol–water partition coefficient (Wildman–Crippen LogP) is 5.35. The lowest BCUT2D eigenvalue weighted by Crippen LogP contribution is -2.51. The van der Waals surface area contributed by atoms with E-state index in [1.54, 1.807) is 23.1 Å². The molecule has 0 bridgehead atoms. The second-order valence-electron chi connectivity index (χ2n) is 8.44. The van der Waals surface area contributed by atoms with E-state index < -0.39 is 11.0 Å². The molecule has 182 valence electrons. The first-order valence-corrected chi connectivity index (χ1v) is 13.1. The third-order valence-corrected chi connectivity index (χ3v) is 7.38. The van der Waals surface area contributed by atoms with Gasteiger partial charge in [-0.1, -0.05) is 61.7 Å². The molecule has 34 heavy (non-hydrogen) atoms. The average Bonchev–Trinajstić information content (AvgIpc) is 3.33. The predicted molar refractivity (Wildman–Crippen MR) is 136 cm³/mol. The van der Waals surface area contributed by atoms with Crippen molar-refractivity contribution in [3.8, 4) is 0 Å². The lowest BCUT2D eigenvalue weighted by Gasteiger charge is -2.31. The first-order valence-electron chi connectivity index (χ1n) is 11.5. The number of non-ortho nitro benzene ring substituents is 1. The van der Waals surface area contributed by atoms with Crippen molar-refractivity contribution < 1.29 is 14.5 Å². The minimum absolute atomic E-state index is 0.0369. The van der Waals surface area contributed by atoms with Gasteiger partial charge in [0.25, 0.3) is 5.69 Å². The Labute approximate surface area is 209 Å². The molecular weight excluding hydrogens is 474 g/mol. The van der Waals surface area contributed by atoms with Crippen LogP contribution in [0.1, 0.15) is 50.2 Å². The Morgan fingerprint density at radius 1 is 1.18 bits per heavy atom. The average molecular weight is 504 g/mol. The van der Waals surface area contributed by atoms with E-state index >= 15 is 0 Å². The number of rotatable bonds is 11. The number of hydrogen-bond acceptors (Lipinski definition) is 5. The molecule has 1 aliphatic carbocycles. The molecule has 1 saturated carbocycles. The summed E-state index contributed by atoms with van der Waals surface area (Å²) in [5.41, 5.74) is 1.73. The largest absolute Gasteiger partial charge is 0.352 e. The SMILES string of the molecule is CCC(C(=O)NC1CCCC1)N(Cc1ccccc1Cl)C(=O)CSCc1ccc([N+](=O)[O-])cc1. The minimum atomic E-state index is -0.579. The van der Waals surface area contributed by atoms with Crippen LogP contribution in [0.2, 0.25) is 5.02 Å². The topological polar surface area (TPSA) is 92.6 Å². The van der Waals surface area contributed by atoms with Gasteiger partial charge in [-0.15, -0.1) is 11.8 Å². The third kappa shape index (κ3) is 7.21. The van der Waals surface area contributed by atoms with E-state index in [0.717, 1.165) is 36.8 Å². The molecule has 1 aliphatic rings. The van der Waals surface area contributed by atoms with Gasteiger partial charge in [-0.25, -0.2) is 0 Å². The molecule has 0 heterocycles. The summed E-state index contributed by atoms with van der Waals surface area (Å²) < 4.78 is 0. The highest BCUT2D eigenvalue weighted by molar-refractivity contribution is 7.99. The number of nitrogens with zero attached hydrogens (tertiary/aromatic N) is 2. The van der Waals surface area contributed by atoms with E-state index in [2.05, 4.69) is 5.32 Å². The number of nitro groups is 1. The maximum atomic E-state index is 13.3. The molecule has 2 amide bonds. The van der Waals surface area contributed by atoms with Gasteiger partial charge in [0.05, 0.1) is 10.7 Å². The summed E-state index contributed by atoms with van der Waals surface area (Å²) in [5.74, 6) is 0.471. The molecule has 0 spiro atoms. The van der Waals surface area contributed by atoms with Crippen LogP contribution in [0.3, 0.4) is 0 Å². The van der Waals surface area contributed by atoms with Crippen LogP contribution in [0, 0.1) is 10.1 Å². The van der Waals surface area contributed by atoms with Gasteiger partial charge in [-0.3, -0.25) is 19.7 Å². The Hall–Kier alpha value is -2.58. The summed E-state index contributed by atoms with van der Waals surface area (Å²) in [6, 6.07) is 13.3. The number of carbonyl (C=O) groups is 2. The van der Waals surface area contributed by atoms with Crippen molar-refractivity contribution >= 4 is 40.9 Å². The van der Waals surface area contributed by atoms with Crippen LogP contribution < -0.4 is 5.32 Å². The fraction of sp³-hybridized carbons (Fsp3) is 0.440. The second kappa shape index (κ2) is 12.8. The van der Waals surface area contributed by atoms with Gasteiger partial charge in [0.15, 0.2) is 0 Å². The zero-order valence-electron chi connectivity index (χ0n) is 19.2. The van der Waals surface area contributed by atoms with Crippen LogP contribution in [0.25, 0.3) is 0 Å². The maximum Gasteiger partial charge on any atom is 0.269 e. The summed E-state index contributed by atoms with van der Waals surface area (Å²) in [6.07, 6.45) is 4.69. The van der Waals surface area contributed by atoms with Crippen molar-refractivity contribution in [2.24, 2.45) is 0 Å². The third-order valence-electron chi connectivity index (χ3n) is 6.03. The molecule has 0 saturated heterocycles. The normalized spacial score (nSPS) is 14.5. The lowest BCUT2D eigenvalue weighted by atomic mass is 10.1. The summed E-state index contributed by atoms with van der Waals surface area (Å²) in [4.78, 5) is 38.5. The molecule has 1 unspecified atom stereocenters. The Morgan fingerprint density at radius 3 is 2.47 bits per heavy atom. The first kappa shape index (κ1) is 26.0. The molecule has 1 fully saturated rings. The van der Waals surface area contributed by atoms with E-state index in [9.17, 15) is 19.7 Å². The van der Waals surface area contributed by atoms with E-state index in [4.69, 9.17) is 11.6 Å². The van der Waals surface area contributed by atoms with Gasteiger partial charge >= 0.3 is 0 Å². The molecule has 0 aromatic heterocycles. The van der Waals surface area contributed by atoms with E-state index in [0.29, 0.717) is 17.2 Å². The first-order chi connectivity index (χ1) is 16.4. The minimum Gasteiger partial charge on any atom is -0.352 e. The Balaban J connectivity index is 1.69. The number of nitrogens with one attached hydrogen (secondary N) is 1. The molecule has 1 atom stereocenters. The zero-order chi connectivity index (χ0) is 24.5. The van der Waals surface area contributed by atoms with Crippen LogP contribution >= 0.6 is 23.4 Å². The number of amides is 2. The van der Waals surface area contributed by atoms with Crippen molar-refractivity contribution in [2.45, 2.75) is 63.4 Å². The van der Waals surface area contributed by atoms with Crippen molar-refractivity contribution in [3.63, 3.8) is 0 Å². The highest BCUT2D eigenvalue weighted by Crippen LogP contribution is 2.23. The van der Waals surface area contributed by atoms with Crippen LogP contribution in [-0.2, 0) is 21.9 Å². The Bertz CT molecular complexity index is 996. The highest BCUT2D eigenvalue weighted by Gasteiger charge is 2.30. The summed E-state index contributed by atoms with van der Waals surface area (Å²) in [7, 11) is 0. The quantitative estimate of drug-likeness (QED) is 0.329. The Morgan fingerprint density at radius 2 is 1.85 bits per heavy atom. The highest BCUT2D eigenvalue weighted by atomic mass is 35.5.